The number of nitrogens with zero attached hydrogens (tertiary/aromatic N) is 1. The number of guanidine groups is 1. The first-order valence-electron chi connectivity index (χ1n) is 8.52. The van der Waals surface area contributed by atoms with Crippen LogP contribution in [0.2, 0.25) is 0 Å². The first-order valence-corrected chi connectivity index (χ1v) is 8.52. The van der Waals surface area contributed by atoms with Gasteiger partial charge in [-0.3, -0.25) is 4.99 Å². The van der Waals surface area contributed by atoms with Gasteiger partial charge >= 0.3 is 0 Å². The Balaban J connectivity index is 0.00000225. The van der Waals surface area contributed by atoms with Crippen LogP contribution in [0.15, 0.2) is 52.1 Å². The molecule has 0 unspecified atom stereocenters. The summed E-state index contributed by atoms with van der Waals surface area (Å²) in [6, 6.07) is 10.8. The first kappa shape index (κ1) is 19.8. The molecule has 0 amide bonds. The molecule has 2 N–H and O–H groups in total. The molecule has 4 nitrogen and oxygen atoms in total. The molecule has 2 aromatic rings. The van der Waals surface area contributed by atoms with Crippen LogP contribution < -0.4 is 10.6 Å². The Bertz CT molecular complexity index is 684. The molecule has 1 aromatic heterocycles. The molecule has 1 aromatic carbocycles. The van der Waals surface area contributed by atoms with Gasteiger partial charge in [0.1, 0.15) is 11.6 Å². The third-order valence-electron chi connectivity index (χ3n) is 4.42. The molecule has 0 bridgehead atoms. The van der Waals surface area contributed by atoms with Crippen molar-refractivity contribution in [1.82, 2.24) is 10.6 Å². The van der Waals surface area contributed by atoms with Crippen molar-refractivity contribution < 1.29 is 8.81 Å². The van der Waals surface area contributed by atoms with Crippen LogP contribution in [0.5, 0.6) is 0 Å². The van der Waals surface area contributed by atoms with E-state index in [1.54, 1.807) is 18.4 Å². The van der Waals surface area contributed by atoms with Crippen molar-refractivity contribution in [3.05, 3.63) is 59.8 Å². The number of aliphatic imine (C=N–C) groups is 1. The maximum Gasteiger partial charge on any atom is 0.191 e. The highest BCUT2D eigenvalue weighted by atomic mass is 127. The lowest BCUT2D eigenvalue weighted by atomic mass is 9.96. The van der Waals surface area contributed by atoms with Crippen molar-refractivity contribution in [1.29, 1.82) is 0 Å². The topological polar surface area (TPSA) is 49.6 Å². The van der Waals surface area contributed by atoms with E-state index in [1.807, 2.05) is 25.1 Å². The smallest absolute Gasteiger partial charge is 0.191 e. The van der Waals surface area contributed by atoms with Crippen molar-refractivity contribution in [2.75, 3.05) is 19.6 Å². The largest absolute Gasteiger partial charge is 0.469 e. The van der Waals surface area contributed by atoms with Gasteiger partial charge in [0, 0.05) is 24.9 Å². The lowest BCUT2D eigenvalue weighted by Gasteiger charge is -2.16. The van der Waals surface area contributed by atoms with Crippen molar-refractivity contribution in [2.24, 2.45) is 4.99 Å². The van der Waals surface area contributed by atoms with Crippen LogP contribution in [0.25, 0.3) is 0 Å². The summed E-state index contributed by atoms with van der Waals surface area (Å²) in [5, 5.41) is 6.59. The van der Waals surface area contributed by atoms with Crippen LogP contribution >= 0.6 is 24.0 Å². The van der Waals surface area contributed by atoms with Crippen LogP contribution in [0.4, 0.5) is 4.39 Å². The van der Waals surface area contributed by atoms with Gasteiger partial charge in [0.2, 0.25) is 0 Å². The van der Waals surface area contributed by atoms with E-state index >= 15 is 0 Å². The Morgan fingerprint density at radius 2 is 2.08 bits per heavy atom. The van der Waals surface area contributed by atoms with Gasteiger partial charge in [0.15, 0.2) is 5.96 Å². The van der Waals surface area contributed by atoms with Crippen LogP contribution in [0, 0.1) is 5.82 Å². The Kier molecular flexibility index (Phi) is 7.28. The van der Waals surface area contributed by atoms with E-state index in [4.69, 9.17) is 9.41 Å². The monoisotopic (exact) mass is 457 g/mol. The molecule has 0 spiro atoms. The van der Waals surface area contributed by atoms with Crippen LogP contribution in [0.1, 0.15) is 31.1 Å². The van der Waals surface area contributed by atoms with Gasteiger partial charge in [0.25, 0.3) is 0 Å². The molecule has 1 aliphatic carbocycles. The van der Waals surface area contributed by atoms with Crippen molar-refractivity contribution in [2.45, 2.75) is 31.6 Å². The van der Waals surface area contributed by atoms with Crippen LogP contribution in [-0.2, 0) is 11.8 Å². The molecule has 0 aliphatic heterocycles. The summed E-state index contributed by atoms with van der Waals surface area (Å²) in [6.45, 7) is 4.28. The third-order valence-corrected chi connectivity index (χ3v) is 4.42. The lowest BCUT2D eigenvalue weighted by molar-refractivity contribution is 0.506. The van der Waals surface area contributed by atoms with E-state index in [0.717, 1.165) is 49.6 Å². The quantitative estimate of drug-likeness (QED) is 0.377. The molecule has 6 heteroatoms. The Morgan fingerprint density at radius 3 is 2.72 bits per heavy atom. The van der Waals surface area contributed by atoms with E-state index in [-0.39, 0.29) is 35.2 Å². The molecular weight excluding hydrogens is 432 g/mol. The number of benzene rings is 1. The average molecular weight is 457 g/mol. The second-order valence-electron chi connectivity index (χ2n) is 6.24. The molecule has 0 radical (unpaired) electrons. The lowest BCUT2D eigenvalue weighted by Crippen LogP contribution is -2.39. The summed E-state index contributed by atoms with van der Waals surface area (Å²) in [7, 11) is 0. The van der Waals surface area contributed by atoms with E-state index in [0.29, 0.717) is 6.54 Å². The number of halogens is 2. The minimum Gasteiger partial charge on any atom is -0.469 e. The van der Waals surface area contributed by atoms with Gasteiger partial charge < -0.3 is 15.1 Å². The molecule has 0 atom stereocenters. The SMILES string of the molecule is CCNC(=NCC1(c2cccc(F)c2)CC1)NCCc1ccco1.I. The summed E-state index contributed by atoms with van der Waals surface area (Å²) in [6.07, 6.45) is 4.62. The second kappa shape index (κ2) is 9.22. The zero-order chi connectivity index (χ0) is 16.8. The van der Waals surface area contributed by atoms with E-state index in [1.165, 1.54) is 6.07 Å². The van der Waals surface area contributed by atoms with Crippen LogP contribution in [-0.4, -0.2) is 25.6 Å². The molecule has 1 saturated carbocycles. The maximum atomic E-state index is 13.5. The minimum absolute atomic E-state index is 0. The highest BCUT2D eigenvalue weighted by Crippen LogP contribution is 2.48. The second-order valence-corrected chi connectivity index (χ2v) is 6.24. The molecule has 136 valence electrons. The van der Waals surface area contributed by atoms with Gasteiger partial charge in [-0.1, -0.05) is 12.1 Å². The number of rotatable bonds is 7. The Hall–Kier alpha value is -1.57. The fourth-order valence-corrected chi connectivity index (χ4v) is 2.84. The fourth-order valence-electron chi connectivity index (χ4n) is 2.84. The van der Waals surface area contributed by atoms with E-state index < -0.39 is 0 Å². The number of nitrogens with one attached hydrogen (secondary N) is 2. The Morgan fingerprint density at radius 1 is 1.24 bits per heavy atom. The van der Waals surface area contributed by atoms with Gasteiger partial charge in [-0.05, 0) is 49.6 Å². The zero-order valence-electron chi connectivity index (χ0n) is 14.4. The molecule has 25 heavy (non-hydrogen) atoms. The molecule has 1 heterocycles. The predicted octanol–water partition coefficient (Wildman–Crippen LogP) is 3.87. The fraction of sp³-hybridized carbons (Fsp3) is 0.421. The summed E-state index contributed by atoms with van der Waals surface area (Å²) < 4.78 is 18.8. The zero-order valence-corrected chi connectivity index (χ0v) is 16.8. The molecule has 1 aliphatic rings. The molecule has 1 fully saturated rings. The number of hydrogen-bond acceptors (Lipinski definition) is 2. The van der Waals surface area contributed by atoms with Crippen molar-refractivity contribution in [3.63, 3.8) is 0 Å². The van der Waals surface area contributed by atoms with Gasteiger partial charge in [-0.15, -0.1) is 24.0 Å². The summed E-state index contributed by atoms with van der Waals surface area (Å²) in [5.74, 6) is 1.58. The van der Waals surface area contributed by atoms with Crippen molar-refractivity contribution in [3.8, 4) is 0 Å². The Labute approximate surface area is 165 Å². The summed E-state index contributed by atoms with van der Waals surface area (Å²) in [5.41, 5.74) is 1.06. The normalized spacial score (nSPS) is 15.4. The average Bonchev–Trinajstić information content (AvgIpc) is 3.20. The van der Waals surface area contributed by atoms with Crippen molar-refractivity contribution >= 4 is 29.9 Å². The highest BCUT2D eigenvalue weighted by Gasteiger charge is 2.44. The van der Waals surface area contributed by atoms with Crippen LogP contribution in [0.3, 0.4) is 0 Å². The molecular formula is C19H25FIN3O. The minimum atomic E-state index is -0.175. The number of furan rings is 1. The summed E-state index contributed by atoms with van der Waals surface area (Å²) >= 11 is 0. The highest BCUT2D eigenvalue weighted by molar-refractivity contribution is 14.0. The third kappa shape index (κ3) is 5.45. The van der Waals surface area contributed by atoms with Gasteiger partial charge in [0.05, 0.1) is 12.8 Å². The first-order chi connectivity index (χ1) is 11.7. The number of hydrogen-bond donors (Lipinski definition) is 2. The molecule has 0 saturated heterocycles. The standard InChI is InChI=1S/C19H24FN3O.HI/c1-2-21-18(22-11-8-17-7-4-12-24-17)23-14-19(9-10-19)15-5-3-6-16(20)13-15;/h3-7,12-13H,2,8-11,14H2,1H3,(H2,21,22,23);1H. The predicted molar refractivity (Wildman–Crippen MR) is 109 cm³/mol. The van der Waals surface area contributed by atoms with E-state index in [2.05, 4.69) is 10.6 Å². The van der Waals surface area contributed by atoms with Gasteiger partial charge in [-0.2, -0.15) is 0 Å². The summed E-state index contributed by atoms with van der Waals surface area (Å²) in [4.78, 5) is 4.71. The molecule has 3 rings (SSSR count). The maximum absolute atomic E-state index is 13.5. The van der Waals surface area contributed by atoms with Gasteiger partial charge in [-0.25, -0.2) is 4.39 Å². The van der Waals surface area contributed by atoms with E-state index in [9.17, 15) is 4.39 Å².